The van der Waals surface area contributed by atoms with E-state index in [0.717, 1.165) is 46.4 Å². The van der Waals surface area contributed by atoms with E-state index < -0.39 is 12.0 Å². The molecule has 15 heteroatoms. The molecule has 0 aliphatic rings. The molecule has 0 bridgehead atoms. The summed E-state index contributed by atoms with van der Waals surface area (Å²) in [6.07, 6.45) is 4.01. The number of carboxylic acids is 1. The van der Waals surface area contributed by atoms with E-state index in [1.54, 1.807) is 35.7 Å². The molecule has 0 saturated carbocycles. The quantitative estimate of drug-likeness (QED) is 0.0206. The second kappa shape index (κ2) is 42.2. The van der Waals surface area contributed by atoms with Gasteiger partial charge in [-0.15, -0.1) is 35.9 Å². The second-order valence-electron chi connectivity index (χ2n) is 23.3. The van der Waals surface area contributed by atoms with Gasteiger partial charge in [-0.3, -0.25) is 14.4 Å². The normalized spacial score (nSPS) is 12.6. The summed E-state index contributed by atoms with van der Waals surface area (Å²) in [6.45, 7) is 35.3. The standard InChI is InChI=1S/C20H24N2O3S.C20H26N2OS.C13H21N.C12H20N2.C5H13N.ClH/c1-13(2)18(20(24)25)21-12-14-4-8-16(9-5-14)22-19(23)15-6-10-17(26-3)11-7-15;1-14(2)15(3)21-13-16-5-9-18(10-6-16)22-20(23)17-7-11-19(24-4)12-8-17;1-10(2)12(4)14-9-13-7-5-11(3)6-8-13;1-9(2)10(3)14-8-11-4-6-12(13)7-5-11;1-4(2)5(3)6;/h4-11,13,18,21H,12H2,1-3H3,(H,22,23)(H,24,25);5-12,14-15,21H,13H2,1-4H3,(H,22,23);5-8,10,12,14H,9H2,1-4H3;4-7,9-10,14H,8,13H2,1-3H3;4-5H,6H2,1-3H3;1H. The first kappa shape index (κ1) is 77.3. The molecule has 11 N–H and O–H groups in total. The number of thioether (sulfide) groups is 2. The fraction of sp³-hybridized carbons (Fsp3) is 0.443. The Hall–Kier alpha value is -5.68. The van der Waals surface area contributed by atoms with Gasteiger partial charge in [-0.1, -0.05) is 135 Å². The molecule has 0 heterocycles. The minimum Gasteiger partial charge on any atom is -0.480 e. The van der Waals surface area contributed by atoms with Crippen LogP contribution in [0.1, 0.15) is 145 Å². The summed E-state index contributed by atoms with van der Waals surface area (Å²) in [5.41, 5.74) is 20.8. The van der Waals surface area contributed by atoms with Crippen LogP contribution in [0.25, 0.3) is 0 Å². The number of rotatable bonds is 24. The Bertz CT molecular complexity index is 2680. The van der Waals surface area contributed by atoms with Crippen LogP contribution in [0, 0.1) is 36.5 Å². The van der Waals surface area contributed by atoms with Gasteiger partial charge < -0.3 is 48.5 Å². The van der Waals surface area contributed by atoms with Crippen LogP contribution in [-0.2, 0) is 31.0 Å². The average Bonchev–Trinajstić information content (AvgIpc) is 3.62. The number of carboxylic acid groups (broad SMARTS) is 1. The molecule has 2 amide bonds. The van der Waals surface area contributed by atoms with Gasteiger partial charge in [0.15, 0.2) is 0 Å². The van der Waals surface area contributed by atoms with Crippen molar-refractivity contribution < 1.29 is 19.5 Å². The summed E-state index contributed by atoms with van der Waals surface area (Å²) in [7, 11) is 0. The third kappa shape index (κ3) is 32.6. The monoisotopic (exact) mass is 1220 g/mol. The van der Waals surface area contributed by atoms with Gasteiger partial charge in [-0.05, 0) is 184 Å². The minimum atomic E-state index is -0.851. The van der Waals surface area contributed by atoms with Crippen molar-refractivity contribution in [3.63, 3.8) is 0 Å². The Morgan fingerprint density at radius 3 is 0.965 bits per heavy atom. The third-order valence-corrected chi connectivity index (χ3v) is 16.1. The second-order valence-corrected chi connectivity index (χ2v) is 25.0. The molecular formula is C70H105ClN8O4S2. The highest BCUT2D eigenvalue weighted by atomic mass is 35.5. The number of nitrogens with two attached hydrogens (primary N) is 2. The number of hydrogen-bond donors (Lipinski definition) is 9. The van der Waals surface area contributed by atoms with E-state index in [9.17, 15) is 19.5 Å². The number of amides is 2. The maximum atomic E-state index is 12.3. The van der Waals surface area contributed by atoms with Crippen molar-refractivity contribution in [3.05, 3.63) is 185 Å². The molecule has 6 rings (SSSR count). The number of nitrogen functional groups attached to an aromatic ring is 1. The van der Waals surface area contributed by atoms with Crippen LogP contribution in [0.2, 0.25) is 0 Å². The highest BCUT2D eigenvalue weighted by Gasteiger charge is 2.20. The van der Waals surface area contributed by atoms with E-state index in [0.29, 0.717) is 71.2 Å². The van der Waals surface area contributed by atoms with Gasteiger partial charge in [-0.2, -0.15) is 0 Å². The number of carbonyl (C=O) groups excluding carboxylic acids is 2. The minimum absolute atomic E-state index is 0. The molecule has 0 radical (unpaired) electrons. The number of benzene rings is 6. The zero-order valence-corrected chi connectivity index (χ0v) is 56.5. The molecule has 6 aromatic rings. The van der Waals surface area contributed by atoms with Crippen molar-refractivity contribution in [3.8, 4) is 0 Å². The Balaban J connectivity index is 0.000000563. The third-order valence-electron chi connectivity index (χ3n) is 14.6. The average molecular weight is 1220 g/mol. The van der Waals surface area contributed by atoms with E-state index in [2.05, 4.69) is 151 Å². The van der Waals surface area contributed by atoms with Crippen LogP contribution < -0.4 is 43.4 Å². The molecule has 85 heavy (non-hydrogen) atoms. The van der Waals surface area contributed by atoms with Gasteiger partial charge in [0.05, 0.1) is 0 Å². The zero-order valence-electron chi connectivity index (χ0n) is 54.0. The van der Waals surface area contributed by atoms with E-state index >= 15 is 0 Å². The first-order valence-corrected chi connectivity index (χ1v) is 32.1. The largest absolute Gasteiger partial charge is 0.480 e. The first-order chi connectivity index (χ1) is 39.7. The number of nitrogens with one attached hydrogen (secondary N) is 6. The van der Waals surface area contributed by atoms with E-state index in [1.165, 1.54) is 22.3 Å². The predicted octanol–water partition coefficient (Wildman–Crippen LogP) is 15.6. The molecule has 0 aromatic heterocycles. The fourth-order valence-electron chi connectivity index (χ4n) is 7.02. The van der Waals surface area contributed by atoms with E-state index in [1.807, 2.05) is 130 Å². The summed E-state index contributed by atoms with van der Waals surface area (Å²) >= 11 is 3.30. The highest BCUT2D eigenvalue weighted by Crippen LogP contribution is 2.19. The lowest BCUT2D eigenvalue weighted by Gasteiger charge is -2.18. The Labute approximate surface area is 527 Å². The molecule has 0 aliphatic heterocycles. The highest BCUT2D eigenvalue weighted by molar-refractivity contribution is 7.98. The molecule has 6 aromatic carbocycles. The summed E-state index contributed by atoms with van der Waals surface area (Å²) in [4.78, 5) is 38.0. The van der Waals surface area contributed by atoms with Gasteiger partial charge in [0.1, 0.15) is 6.04 Å². The molecule has 0 spiro atoms. The fourth-order valence-corrected chi connectivity index (χ4v) is 7.84. The van der Waals surface area contributed by atoms with Gasteiger partial charge in [-0.25, -0.2) is 0 Å². The molecular weight excluding hydrogens is 1120 g/mol. The Morgan fingerprint density at radius 1 is 0.424 bits per heavy atom. The SMILES string of the molecule is CC(C)C(C)N.CC(C)C(C)NCc1ccc(N)cc1.CSc1ccc(C(=O)Nc2ccc(CNC(C(=O)O)C(C)C)cc2)cc1.CSc1ccc(C(=O)Nc2ccc(CNC(C)C(C)C)cc2)cc1.Cc1ccc(CNC(C)C(C)C)cc1.Cl. The molecule has 5 unspecified atom stereocenters. The number of hydrogen-bond acceptors (Lipinski definition) is 11. The van der Waals surface area contributed by atoms with E-state index in [-0.39, 0.29) is 30.1 Å². The summed E-state index contributed by atoms with van der Waals surface area (Å²) in [6, 6.07) is 48.5. The number of aliphatic carboxylic acids is 1. The lowest BCUT2D eigenvalue weighted by Crippen LogP contribution is -2.40. The zero-order chi connectivity index (χ0) is 62.9. The first-order valence-electron chi connectivity index (χ1n) is 29.6. The van der Waals surface area contributed by atoms with Gasteiger partial charge >= 0.3 is 5.97 Å². The van der Waals surface area contributed by atoms with Gasteiger partial charge in [0, 0.05) is 88.3 Å². The van der Waals surface area contributed by atoms with Crippen molar-refractivity contribution in [2.75, 3.05) is 28.9 Å². The smallest absolute Gasteiger partial charge is 0.320 e. The summed E-state index contributed by atoms with van der Waals surface area (Å²) < 4.78 is 0. The molecule has 5 atom stereocenters. The van der Waals surface area contributed by atoms with Crippen molar-refractivity contribution in [1.29, 1.82) is 0 Å². The maximum Gasteiger partial charge on any atom is 0.320 e. The van der Waals surface area contributed by atoms with Crippen LogP contribution in [-0.4, -0.2) is 65.6 Å². The van der Waals surface area contributed by atoms with Gasteiger partial charge in [0.2, 0.25) is 0 Å². The van der Waals surface area contributed by atoms with Crippen LogP contribution >= 0.6 is 35.9 Å². The number of aryl methyl sites for hydroxylation is 1. The molecule has 468 valence electrons. The van der Waals surface area contributed by atoms with Crippen molar-refractivity contribution >= 4 is 70.8 Å². The Morgan fingerprint density at radius 2 is 0.706 bits per heavy atom. The molecule has 12 nitrogen and oxygen atoms in total. The topological polar surface area (TPSA) is 196 Å². The van der Waals surface area contributed by atoms with Crippen molar-refractivity contribution in [2.24, 2.45) is 35.3 Å². The Kier molecular flexibility index (Phi) is 38.4. The predicted molar refractivity (Wildman–Crippen MR) is 370 cm³/mol. The number of halogens is 1. The van der Waals surface area contributed by atoms with Crippen molar-refractivity contribution in [1.82, 2.24) is 21.3 Å². The number of carbonyl (C=O) groups is 3. The van der Waals surface area contributed by atoms with Crippen LogP contribution in [0.3, 0.4) is 0 Å². The molecule has 0 saturated heterocycles. The molecule has 0 fully saturated rings. The maximum absolute atomic E-state index is 12.3. The van der Waals surface area contributed by atoms with Crippen molar-refractivity contribution in [2.45, 2.75) is 170 Å². The van der Waals surface area contributed by atoms with Crippen LogP contribution in [0.5, 0.6) is 0 Å². The molecule has 0 aliphatic carbocycles. The summed E-state index contributed by atoms with van der Waals surface area (Å²) in [5.74, 6) is 1.52. The lowest BCUT2D eigenvalue weighted by atomic mass is 10.0. The van der Waals surface area contributed by atoms with Crippen LogP contribution in [0.4, 0.5) is 17.1 Å². The van der Waals surface area contributed by atoms with Crippen LogP contribution in [0.15, 0.2) is 155 Å². The van der Waals surface area contributed by atoms with E-state index in [4.69, 9.17) is 11.5 Å². The lowest BCUT2D eigenvalue weighted by molar-refractivity contribution is -0.140. The van der Waals surface area contributed by atoms with Gasteiger partial charge in [0.25, 0.3) is 11.8 Å². The number of anilines is 3. The summed E-state index contributed by atoms with van der Waals surface area (Å²) in [5, 5.41) is 28.5.